The second kappa shape index (κ2) is 8.18. The van der Waals surface area contributed by atoms with Gasteiger partial charge in [0.1, 0.15) is 5.75 Å². The van der Waals surface area contributed by atoms with Gasteiger partial charge in [-0.05, 0) is 50.8 Å². The lowest BCUT2D eigenvalue weighted by atomic mass is 9.96. The first-order chi connectivity index (χ1) is 11.5. The molecule has 132 valence electrons. The second-order valence-corrected chi connectivity index (χ2v) is 6.37. The Balaban J connectivity index is 2.08. The normalized spacial score (nSPS) is 17.5. The maximum atomic E-state index is 12.7. The molecule has 1 aliphatic rings. The number of rotatable bonds is 5. The molecule has 1 aromatic carbocycles. The van der Waals surface area contributed by atoms with Crippen molar-refractivity contribution in [2.24, 2.45) is 5.92 Å². The molecule has 2 rings (SSSR count). The van der Waals surface area contributed by atoms with Crippen molar-refractivity contribution >= 4 is 11.9 Å². The molecule has 1 fully saturated rings. The molecule has 1 saturated heterocycles. The summed E-state index contributed by atoms with van der Waals surface area (Å²) >= 11 is 0. The molecule has 0 bridgehead atoms. The Bertz CT molecular complexity index is 612. The average Bonchev–Trinajstić information content (AvgIpc) is 2.57. The van der Waals surface area contributed by atoms with Crippen LogP contribution < -0.4 is 4.74 Å². The van der Waals surface area contributed by atoms with E-state index in [1.165, 1.54) is 0 Å². The van der Waals surface area contributed by atoms with E-state index in [4.69, 9.17) is 9.47 Å². The summed E-state index contributed by atoms with van der Waals surface area (Å²) < 4.78 is 10.5. The summed E-state index contributed by atoms with van der Waals surface area (Å²) in [5.41, 5.74) is 3.09. The highest BCUT2D eigenvalue weighted by Gasteiger charge is 2.29. The molecule has 1 aromatic rings. The topological polar surface area (TPSA) is 55.8 Å². The fourth-order valence-corrected chi connectivity index (χ4v) is 3.29. The number of piperidine rings is 1. The summed E-state index contributed by atoms with van der Waals surface area (Å²) in [7, 11) is 1.62. The molecular formula is C19H27NO4. The van der Waals surface area contributed by atoms with Crippen LogP contribution in [0.2, 0.25) is 0 Å². The van der Waals surface area contributed by atoms with Crippen LogP contribution in [0.15, 0.2) is 12.1 Å². The van der Waals surface area contributed by atoms with Crippen LogP contribution in [-0.4, -0.2) is 43.6 Å². The fourth-order valence-electron chi connectivity index (χ4n) is 3.29. The smallest absolute Gasteiger partial charge is 0.310 e. The van der Waals surface area contributed by atoms with Gasteiger partial charge in [0, 0.05) is 18.7 Å². The van der Waals surface area contributed by atoms with Gasteiger partial charge in [-0.1, -0.05) is 6.07 Å². The minimum atomic E-state index is -0.205. The molecule has 5 nitrogen and oxygen atoms in total. The fraction of sp³-hybridized carbons (Fsp3) is 0.579. The quantitative estimate of drug-likeness (QED) is 0.778. The van der Waals surface area contributed by atoms with Gasteiger partial charge in [0.25, 0.3) is 0 Å². The highest BCUT2D eigenvalue weighted by Crippen LogP contribution is 2.26. The number of hydrogen-bond acceptors (Lipinski definition) is 4. The van der Waals surface area contributed by atoms with Gasteiger partial charge in [0.2, 0.25) is 5.91 Å². The van der Waals surface area contributed by atoms with Crippen molar-refractivity contribution < 1.29 is 19.1 Å². The number of ether oxygens (including phenoxy) is 2. The van der Waals surface area contributed by atoms with Gasteiger partial charge < -0.3 is 14.4 Å². The van der Waals surface area contributed by atoms with Crippen LogP contribution in [0.5, 0.6) is 5.75 Å². The molecule has 1 aliphatic heterocycles. The Morgan fingerprint density at radius 3 is 2.71 bits per heavy atom. The van der Waals surface area contributed by atoms with Crippen molar-refractivity contribution in [1.82, 2.24) is 4.90 Å². The third-order valence-corrected chi connectivity index (χ3v) is 4.52. The largest absolute Gasteiger partial charge is 0.496 e. The molecular weight excluding hydrogens is 306 g/mol. The standard InChI is InChI=1S/C19H27NO4/c1-5-24-19(22)15-7-6-8-20(12-15)18(21)11-16-14(3)9-13(2)10-17(16)23-4/h9-10,15H,5-8,11-12H2,1-4H3. The maximum absolute atomic E-state index is 12.7. The second-order valence-electron chi connectivity index (χ2n) is 6.37. The van der Waals surface area contributed by atoms with E-state index in [2.05, 4.69) is 6.07 Å². The number of nitrogens with zero attached hydrogens (tertiary/aromatic N) is 1. The van der Waals surface area contributed by atoms with Gasteiger partial charge in [0.05, 0.1) is 26.1 Å². The number of carbonyl (C=O) groups excluding carboxylic acids is 2. The van der Waals surface area contributed by atoms with Crippen LogP contribution in [0.4, 0.5) is 0 Å². The zero-order chi connectivity index (χ0) is 17.7. The number of esters is 1. The van der Waals surface area contributed by atoms with Crippen LogP contribution in [0.25, 0.3) is 0 Å². The third-order valence-electron chi connectivity index (χ3n) is 4.52. The van der Waals surface area contributed by atoms with Crippen molar-refractivity contribution in [3.8, 4) is 5.75 Å². The van der Waals surface area contributed by atoms with Gasteiger partial charge in [-0.15, -0.1) is 0 Å². The molecule has 1 atom stereocenters. The predicted molar refractivity (Wildman–Crippen MR) is 92.1 cm³/mol. The van der Waals surface area contributed by atoms with Crippen molar-refractivity contribution in [3.63, 3.8) is 0 Å². The zero-order valence-corrected chi connectivity index (χ0v) is 15.1. The molecule has 0 saturated carbocycles. The molecule has 24 heavy (non-hydrogen) atoms. The van der Waals surface area contributed by atoms with E-state index < -0.39 is 0 Å². The molecule has 0 N–H and O–H groups in total. The Morgan fingerprint density at radius 1 is 1.29 bits per heavy atom. The van der Waals surface area contributed by atoms with E-state index in [0.717, 1.165) is 35.3 Å². The Hall–Kier alpha value is -2.04. The molecule has 1 amide bonds. The Kier molecular flexibility index (Phi) is 6.23. The summed E-state index contributed by atoms with van der Waals surface area (Å²) in [6.45, 7) is 7.33. The van der Waals surface area contributed by atoms with E-state index in [-0.39, 0.29) is 17.8 Å². The number of aryl methyl sites for hydroxylation is 2. The van der Waals surface area contributed by atoms with E-state index in [1.807, 2.05) is 19.9 Å². The number of amides is 1. The lowest BCUT2D eigenvalue weighted by molar-refractivity contribution is -0.151. The highest BCUT2D eigenvalue weighted by molar-refractivity contribution is 5.81. The predicted octanol–water partition coefficient (Wildman–Crippen LogP) is 2.66. The minimum Gasteiger partial charge on any atom is -0.496 e. The minimum absolute atomic E-state index is 0.0363. The summed E-state index contributed by atoms with van der Waals surface area (Å²) in [5, 5.41) is 0. The van der Waals surface area contributed by atoms with Crippen molar-refractivity contribution in [1.29, 1.82) is 0 Å². The van der Waals surface area contributed by atoms with Crippen molar-refractivity contribution in [2.75, 3.05) is 26.8 Å². The zero-order valence-electron chi connectivity index (χ0n) is 15.1. The van der Waals surface area contributed by atoms with Crippen LogP contribution >= 0.6 is 0 Å². The molecule has 0 aliphatic carbocycles. The van der Waals surface area contributed by atoms with Gasteiger partial charge >= 0.3 is 5.97 Å². The van der Waals surface area contributed by atoms with E-state index in [1.54, 1.807) is 18.9 Å². The summed E-state index contributed by atoms with van der Waals surface area (Å²) in [4.78, 5) is 26.4. The van der Waals surface area contributed by atoms with Crippen LogP contribution in [-0.2, 0) is 20.7 Å². The van der Waals surface area contributed by atoms with E-state index in [0.29, 0.717) is 26.1 Å². The molecule has 0 aromatic heterocycles. The first-order valence-corrected chi connectivity index (χ1v) is 8.54. The van der Waals surface area contributed by atoms with Gasteiger partial charge in [-0.3, -0.25) is 9.59 Å². The SMILES string of the molecule is CCOC(=O)C1CCCN(C(=O)Cc2c(C)cc(C)cc2OC)C1. The number of carbonyl (C=O) groups is 2. The Morgan fingerprint density at radius 2 is 2.04 bits per heavy atom. The number of methoxy groups -OCH3 is 1. The summed E-state index contributed by atoms with van der Waals surface area (Å²) in [5.74, 6) is 0.386. The molecule has 5 heteroatoms. The average molecular weight is 333 g/mol. The molecule has 0 spiro atoms. The first kappa shape index (κ1) is 18.3. The maximum Gasteiger partial charge on any atom is 0.310 e. The number of likely N-dealkylation sites (tertiary alicyclic amines) is 1. The first-order valence-electron chi connectivity index (χ1n) is 8.54. The van der Waals surface area contributed by atoms with Crippen LogP contribution in [0, 0.1) is 19.8 Å². The van der Waals surface area contributed by atoms with Crippen molar-refractivity contribution in [2.45, 2.75) is 40.0 Å². The lowest BCUT2D eigenvalue weighted by Gasteiger charge is -2.32. The lowest BCUT2D eigenvalue weighted by Crippen LogP contribution is -2.43. The van der Waals surface area contributed by atoms with Gasteiger partial charge in [-0.2, -0.15) is 0 Å². The van der Waals surface area contributed by atoms with E-state index >= 15 is 0 Å². The van der Waals surface area contributed by atoms with E-state index in [9.17, 15) is 9.59 Å². The third kappa shape index (κ3) is 4.28. The molecule has 1 unspecified atom stereocenters. The van der Waals surface area contributed by atoms with Gasteiger partial charge in [-0.25, -0.2) is 0 Å². The summed E-state index contributed by atoms with van der Waals surface area (Å²) in [6.07, 6.45) is 1.92. The Labute approximate surface area is 143 Å². The highest BCUT2D eigenvalue weighted by atomic mass is 16.5. The van der Waals surface area contributed by atoms with Crippen LogP contribution in [0.3, 0.4) is 0 Å². The van der Waals surface area contributed by atoms with Crippen LogP contribution in [0.1, 0.15) is 36.5 Å². The van der Waals surface area contributed by atoms with Gasteiger partial charge in [0.15, 0.2) is 0 Å². The van der Waals surface area contributed by atoms with Crippen molar-refractivity contribution in [3.05, 3.63) is 28.8 Å². The summed E-state index contributed by atoms with van der Waals surface area (Å²) in [6, 6.07) is 4.01. The molecule has 0 radical (unpaired) electrons. The number of benzene rings is 1. The molecule has 1 heterocycles. The monoisotopic (exact) mass is 333 g/mol. The number of hydrogen-bond donors (Lipinski definition) is 0.